The molecule has 4 rings (SSSR count). The van der Waals surface area contributed by atoms with Crippen molar-refractivity contribution in [1.82, 2.24) is 0 Å². The monoisotopic (exact) mass is 452 g/mol. The average Bonchev–Trinajstić information content (AvgIpc) is 3.47. The van der Waals surface area contributed by atoms with E-state index >= 15 is 0 Å². The smallest absolute Gasteiger partial charge is 0.347 e. The lowest BCUT2D eigenvalue weighted by atomic mass is 9.87. The molecule has 4 fully saturated rings. The van der Waals surface area contributed by atoms with Gasteiger partial charge in [0.15, 0.2) is 0 Å². The second-order valence-corrected chi connectivity index (χ2v) is 10.6. The van der Waals surface area contributed by atoms with E-state index in [2.05, 4.69) is 0 Å². The fourth-order valence-corrected chi connectivity index (χ4v) is 4.51. The highest BCUT2D eigenvalue weighted by Crippen LogP contribution is 2.55. The second-order valence-electron chi connectivity index (χ2n) is 10.6. The van der Waals surface area contributed by atoms with Crippen LogP contribution in [0.2, 0.25) is 0 Å². The Morgan fingerprint density at radius 2 is 1.53 bits per heavy atom. The maximum Gasteiger partial charge on any atom is 0.347 e. The Hall–Kier alpha value is -2.12. The van der Waals surface area contributed by atoms with E-state index < -0.39 is 22.9 Å². The van der Waals surface area contributed by atoms with Gasteiger partial charge in [0.2, 0.25) is 6.10 Å². The first-order valence-corrected chi connectivity index (χ1v) is 11.7. The number of hydrogen-bond acceptors (Lipinski definition) is 8. The molecule has 8 nitrogen and oxygen atoms in total. The number of cyclic esters (lactones) is 1. The Balaban J connectivity index is 0.000000188. The summed E-state index contributed by atoms with van der Waals surface area (Å²) in [7, 11) is 0. The highest BCUT2D eigenvalue weighted by atomic mass is 16.6. The molecule has 2 bridgehead atoms. The molecule has 32 heavy (non-hydrogen) atoms. The minimum atomic E-state index is -0.687. The van der Waals surface area contributed by atoms with E-state index in [9.17, 15) is 19.2 Å². The predicted octanol–water partition coefficient (Wildman–Crippen LogP) is 3.20. The Morgan fingerprint density at radius 3 is 2.06 bits per heavy atom. The zero-order valence-corrected chi connectivity index (χ0v) is 20.0. The van der Waals surface area contributed by atoms with E-state index in [0.29, 0.717) is 31.3 Å². The summed E-state index contributed by atoms with van der Waals surface area (Å²) in [5, 5.41) is 0. The van der Waals surface area contributed by atoms with Crippen molar-refractivity contribution in [1.29, 1.82) is 0 Å². The van der Waals surface area contributed by atoms with E-state index in [0.717, 1.165) is 19.3 Å². The summed E-state index contributed by atoms with van der Waals surface area (Å²) in [4.78, 5) is 46.3. The van der Waals surface area contributed by atoms with Crippen LogP contribution in [-0.4, -0.2) is 48.8 Å². The zero-order chi connectivity index (χ0) is 23.8. The molecule has 0 amide bonds. The minimum Gasteiger partial charge on any atom is -0.463 e. The third kappa shape index (κ3) is 4.64. The molecule has 2 aliphatic heterocycles. The van der Waals surface area contributed by atoms with Crippen LogP contribution in [-0.2, 0) is 38.1 Å². The van der Waals surface area contributed by atoms with E-state index in [-0.39, 0.29) is 36.0 Å². The largest absolute Gasteiger partial charge is 0.463 e. The maximum absolute atomic E-state index is 12.1. The number of esters is 4. The van der Waals surface area contributed by atoms with Gasteiger partial charge in [0.25, 0.3) is 0 Å². The Kier molecular flexibility index (Phi) is 6.91. The summed E-state index contributed by atoms with van der Waals surface area (Å²) < 4.78 is 20.8. The molecule has 6 atom stereocenters. The molecule has 8 heteroatoms. The normalized spacial score (nSPS) is 32.7. The fraction of sp³-hybridized carbons (Fsp3) is 0.833. The van der Waals surface area contributed by atoms with E-state index in [1.54, 1.807) is 13.8 Å². The van der Waals surface area contributed by atoms with Gasteiger partial charge in [-0.25, -0.2) is 4.79 Å². The van der Waals surface area contributed by atoms with Crippen molar-refractivity contribution in [3.63, 3.8) is 0 Å². The quantitative estimate of drug-likeness (QED) is 0.447. The maximum atomic E-state index is 12.1. The van der Waals surface area contributed by atoms with Gasteiger partial charge in [0, 0.05) is 18.3 Å². The molecule has 4 aliphatic rings. The van der Waals surface area contributed by atoms with Gasteiger partial charge in [-0.15, -0.1) is 0 Å². The summed E-state index contributed by atoms with van der Waals surface area (Å²) in [5.74, 6) is -0.302. The first-order valence-electron chi connectivity index (χ1n) is 11.7. The fourth-order valence-electron chi connectivity index (χ4n) is 4.51. The molecule has 2 aliphatic carbocycles. The predicted molar refractivity (Wildman–Crippen MR) is 113 cm³/mol. The lowest BCUT2D eigenvalue weighted by Crippen LogP contribution is -2.39. The van der Waals surface area contributed by atoms with E-state index in [4.69, 9.17) is 18.9 Å². The molecular formula is C24H36O8. The van der Waals surface area contributed by atoms with Gasteiger partial charge in [-0.05, 0) is 53.4 Å². The molecule has 0 spiro atoms. The lowest BCUT2D eigenvalue weighted by Gasteiger charge is -2.29. The Bertz CT molecular complexity index is 770. The highest BCUT2D eigenvalue weighted by molar-refractivity contribution is 5.82. The van der Waals surface area contributed by atoms with Crippen molar-refractivity contribution < 1.29 is 38.1 Å². The molecule has 0 aromatic heterocycles. The number of carbonyl (C=O) groups is 4. The number of carbonyl (C=O) groups excluding carboxylic acids is 4. The van der Waals surface area contributed by atoms with Crippen LogP contribution in [0.5, 0.6) is 0 Å². The van der Waals surface area contributed by atoms with E-state index in [1.807, 2.05) is 27.7 Å². The van der Waals surface area contributed by atoms with Crippen molar-refractivity contribution >= 4 is 23.9 Å². The molecule has 180 valence electrons. The summed E-state index contributed by atoms with van der Waals surface area (Å²) in [5.41, 5.74) is -0.979. The molecule has 2 saturated heterocycles. The summed E-state index contributed by atoms with van der Waals surface area (Å²) in [6.07, 6.45) is 2.68. The molecule has 0 radical (unpaired) electrons. The molecule has 6 unspecified atom stereocenters. The molecular weight excluding hydrogens is 416 g/mol. The summed E-state index contributed by atoms with van der Waals surface area (Å²) in [6, 6.07) is 0. The first-order chi connectivity index (χ1) is 14.9. The molecule has 2 saturated carbocycles. The van der Waals surface area contributed by atoms with Gasteiger partial charge in [-0.3, -0.25) is 14.4 Å². The topological polar surface area (TPSA) is 105 Å². The van der Waals surface area contributed by atoms with Gasteiger partial charge < -0.3 is 18.9 Å². The van der Waals surface area contributed by atoms with Gasteiger partial charge >= 0.3 is 23.9 Å². The van der Waals surface area contributed by atoms with Crippen molar-refractivity contribution in [3.05, 3.63) is 0 Å². The minimum absolute atomic E-state index is 0.0779. The molecule has 0 N–H and O–H groups in total. The van der Waals surface area contributed by atoms with Crippen molar-refractivity contribution in [2.75, 3.05) is 6.61 Å². The van der Waals surface area contributed by atoms with Gasteiger partial charge in [0.05, 0.1) is 23.4 Å². The molecule has 2 heterocycles. The van der Waals surface area contributed by atoms with Crippen LogP contribution >= 0.6 is 0 Å². The van der Waals surface area contributed by atoms with Crippen molar-refractivity contribution in [2.45, 2.75) is 92.0 Å². The summed E-state index contributed by atoms with van der Waals surface area (Å²) >= 11 is 0. The van der Waals surface area contributed by atoms with Crippen LogP contribution < -0.4 is 0 Å². The van der Waals surface area contributed by atoms with Crippen LogP contribution in [0.3, 0.4) is 0 Å². The van der Waals surface area contributed by atoms with E-state index in [1.165, 1.54) is 0 Å². The van der Waals surface area contributed by atoms with Crippen LogP contribution in [0.25, 0.3) is 0 Å². The number of rotatable bonds is 6. The van der Waals surface area contributed by atoms with Gasteiger partial charge in [-0.1, -0.05) is 13.8 Å². The number of ether oxygens (including phenoxy) is 4. The van der Waals surface area contributed by atoms with Crippen LogP contribution in [0.15, 0.2) is 0 Å². The van der Waals surface area contributed by atoms with Gasteiger partial charge in [-0.2, -0.15) is 0 Å². The second kappa shape index (κ2) is 9.02. The number of hydrogen-bond donors (Lipinski definition) is 0. The highest BCUT2D eigenvalue weighted by Gasteiger charge is 2.63. The van der Waals surface area contributed by atoms with Crippen molar-refractivity contribution in [3.8, 4) is 0 Å². The zero-order valence-electron chi connectivity index (χ0n) is 20.0. The third-order valence-corrected chi connectivity index (χ3v) is 7.67. The average molecular weight is 453 g/mol. The van der Waals surface area contributed by atoms with Crippen LogP contribution in [0.4, 0.5) is 0 Å². The SMILES string of the molecule is CCC(C)(C)C(=O)OC1C2CC3C(=O)OC1C3C2.CCC(C)(C)C(=O)OC1CCOC1=O. The van der Waals surface area contributed by atoms with Gasteiger partial charge in [0.1, 0.15) is 12.2 Å². The lowest BCUT2D eigenvalue weighted by molar-refractivity contribution is -0.170. The molecule has 0 aromatic rings. The third-order valence-electron chi connectivity index (χ3n) is 7.67. The standard InChI is InChI=1S/C14H20O4.C10H16O4/c1-4-14(2,3)13(16)18-10-7-5-8-9(6-7)12(15)17-11(8)10;1-4-10(2,3)9(12)14-7-5-6-13-8(7)11/h7-11H,4-6H2,1-3H3;7H,4-6H2,1-3H3. The molecule has 0 aromatic carbocycles. The Morgan fingerprint density at radius 1 is 0.938 bits per heavy atom. The Labute approximate surface area is 189 Å². The summed E-state index contributed by atoms with van der Waals surface area (Å²) in [6.45, 7) is 11.6. The van der Waals surface area contributed by atoms with Crippen LogP contribution in [0.1, 0.15) is 73.6 Å². The first kappa shape index (κ1) is 24.5. The van der Waals surface area contributed by atoms with Crippen molar-refractivity contribution in [2.24, 2.45) is 28.6 Å². The number of fused-ring (bicyclic) bond motifs is 1. The van der Waals surface area contributed by atoms with Crippen LogP contribution in [0, 0.1) is 28.6 Å².